The van der Waals surface area contributed by atoms with E-state index in [1.165, 1.54) is 26.4 Å². The van der Waals surface area contributed by atoms with Gasteiger partial charge in [-0.15, -0.1) is 11.6 Å². The van der Waals surface area contributed by atoms with Crippen LogP contribution in [0.15, 0.2) is 12.1 Å². The van der Waals surface area contributed by atoms with E-state index in [0.29, 0.717) is 11.3 Å². The Kier molecular flexibility index (Phi) is 4.55. The summed E-state index contributed by atoms with van der Waals surface area (Å²) in [6.45, 7) is 0. The summed E-state index contributed by atoms with van der Waals surface area (Å²) < 4.78 is 23.2. The second kappa shape index (κ2) is 5.70. The fraction of sp³-hybridized carbons (Fsp3) is 0.364. The van der Waals surface area contributed by atoms with Crippen LogP contribution in [0.1, 0.15) is 11.1 Å². The molecule has 0 aromatic heterocycles. The molecule has 0 aliphatic heterocycles. The lowest BCUT2D eigenvalue weighted by Crippen LogP contribution is -2.07. The SMILES string of the molecule is COC(=O)Cc1cc(OC)cc(CCl)c1F. The molecule has 1 aromatic rings. The van der Waals surface area contributed by atoms with E-state index in [1.807, 2.05) is 0 Å². The van der Waals surface area contributed by atoms with Crippen LogP contribution in [-0.4, -0.2) is 20.2 Å². The zero-order chi connectivity index (χ0) is 12.1. The maximum absolute atomic E-state index is 13.7. The second-order valence-electron chi connectivity index (χ2n) is 3.15. The van der Waals surface area contributed by atoms with Crippen molar-refractivity contribution in [1.29, 1.82) is 0 Å². The van der Waals surface area contributed by atoms with Crippen LogP contribution in [0.4, 0.5) is 4.39 Å². The lowest BCUT2D eigenvalue weighted by molar-refractivity contribution is -0.139. The summed E-state index contributed by atoms with van der Waals surface area (Å²) in [6.07, 6.45) is -0.135. The molecule has 0 heterocycles. The van der Waals surface area contributed by atoms with Gasteiger partial charge in [-0.1, -0.05) is 0 Å². The summed E-state index contributed by atoms with van der Waals surface area (Å²) in [4.78, 5) is 11.1. The third-order valence-electron chi connectivity index (χ3n) is 2.14. The molecule has 0 atom stereocenters. The summed E-state index contributed by atoms with van der Waals surface area (Å²) >= 11 is 5.59. The van der Waals surface area contributed by atoms with E-state index in [9.17, 15) is 9.18 Å². The number of benzene rings is 1. The molecule has 1 aromatic carbocycles. The van der Waals surface area contributed by atoms with E-state index in [2.05, 4.69) is 4.74 Å². The van der Waals surface area contributed by atoms with Gasteiger partial charge in [0.1, 0.15) is 11.6 Å². The first-order chi connectivity index (χ1) is 7.62. The van der Waals surface area contributed by atoms with E-state index in [-0.39, 0.29) is 17.9 Å². The minimum Gasteiger partial charge on any atom is -0.497 e. The quantitative estimate of drug-likeness (QED) is 0.604. The molecule has 3 nitrogen and oxygen atoms in total. The second-order valence-corrected chi connectivity index (χ2v) is 3.41. The standard InChI is InChI=1S/C11H12ClFO3/c1-15-9-3-7(5-10(14)16-2)11(13)8(4-9)6-12/h3-4H,5-6H2,1-2H3. The van der Waals surface area contributed by atoms with Gasteiger partial charge in [0.15, 0.2) is 0 Å². The summed E-state index contributed by atoms with van der Waals surface area (Å²) in [5, 5.41) is 0. The van der Waals surface area contributed by atoms with Crippen LogP contribution in [0.2, 0.25) is 0 Å². The van der Waals surface area contributed by atoms with Gasteiger partial charge in [-0.25, -0.2) is 4.39 Å². The van der Waals surface area contributed by atoms with Crippen molar-refractivity contribution in [2.75, 3.05) is 14.2 Å². The molecular formula is C11H12ClFO3. The van der Waals surface area contributed by atoms with E-state index in [1.54, 1.807) is 0 Å². The maximum atomic E-state index is 13.7. The van der Waals surface area contributed by atoms with Crippen LogP contribution in [0, 0.1) is 5.82 Å². The number of ether oxygens (including phenoxy) is 2. The minimum atomic E-state index is -0.507. The number of rotatable bonds is 4. The Labute approximate surface area is 98.1 Å². The van der Waals surface area contributed by atoms with Gasteiger partial charge in [-0.05, 0) is 12.1 Å². The third-order valence-corrected chi connectivity index (χ3v) is 2.43. The molecule has 0 amide bonds. The van der Waals surface area contributed by atoms with Gasteiger partial charge < -0.3 is 9.47 Å². The molecule has 0 saturated heterocycles. The lowest BCUT2D eigenvalue weighted by atomic mass is 10.1. The summed E-state index contributed by atoms with van der Waals surface area (Å²) in [6, 6.07) is 2.96. The van der Waals surface area contributed by atoms with Gasteiger partial charge in [0.25, 0.3) is 0 Å². The van der Waals surface area contributed by atoms with Crippen molar-refractivity contribution < 1.29 is 18.7 Å². The van der Waals surface area contributed by atoms with Crippen molar-refractivity contribution in [3.05, 3.63) is 29.1 Å². The molecule has 0 unspecified atom stereocenters. The Balaban J connectivity index is 3.10. The average Bonchev–Trinajstić information content (AvgIpc) is 2.31. The Bertz CT molecular complexity index is 393. The molecule has 0 N–H and O–H groups in total. The van der Waals surface area contributed by atoms with Crippen LogP contribution in [0.25, 0.3) is 0 Å². The predicted molar refractivity (Wildman–Crippen MR) is 58.2 cm³/mol. The average molecular weight is 247 g/mol. The van der Waals surface area contributed by atoms with Crippen molar-refractivity contribution in [3.8, 4) is 5.75 Å². The fourth-order valence-corrected chi connectivity index (χ4v) is 1.48. The molecule has 0 bridgehead atoms. The van der Waals surface area contributed by atoms with Crippen LogP contribution in [0.5, 0.6) is 5.75 Å². The van der Waals surface area contributed by atoms with Crippen molar-refractivity contribution >= 4 is 17.6 Å². The van der Waals surface area contributed by atoms with Crippen molar-refractivity contribution in [2.45, 2.75) is 12.3 Å². The van der Waals surface area contributed by atoms with Gasteiger partial charge in [0, 0.05) is 11.1 Å². The summed E-state index contributed by atoms with van der Waals surface area (Å²) in [7, 11) is 2.72. The van der Waals surface area contributed by atoms with Crippen LogP contribution >= 0.6 is 11.6 Å². The number of hydrogen-bond donors (Lipinski definition) is 0. The van der Waals surface area contributed by atoms with Crippen molar-refractivity contribution in [1.82, 2.24) is 0 Å². The van der Waals surface area contributed by atoms with E-state index in [4.69, 9.17) is 16.3 Å². The highest BCUT2D eigenvalue weighted by molar-refractivity contribution is 6.17. The number of halogens is 2. The fourth-order valence-electron chi connectivity index (χ4n) is 1.29. The minimum absolute atomic E-state index is 0.0250. The third kappa shape index (κ3) is 2.85. The van der Waals surface area contributed by atoms with E-state index < -0.39 is 11.8 Å². The summed E-state index contributed by atoms with van der Waals surface area (Å²) in [5.74, 6) is -0.498. The lowest BCUT2D eigenvalue weighted by Gasteiger charge is -2.09. The number of alkyl halides is 1. The molecule has 16 heavy (non-hydrogen) atoms. The topological polar surface area (TPSA) is 35.5 Å². The Morgan fingerprint density at radius 2 is 2.00 bits per heavy atom. The predicted octanol–water partition coefficient (Wildman–Crippen LogP) is 2.29. The number of methoxy groups -OCH3 is 2. The molecule has 0 saturated carbocycles. The molecule has 88 valence electrons. The molecule has 1 rings (SSSR count). The smallest absolute Gasteiger partial charge is 0.310 e. The zero-order valence-electron chi connectivity index (χ0n) is 9.05. The first kappa shape index (κ1) is 12.8. The van der Waals surface area contributed by atoms with Gasteiger partial charge in [-0.2, -0.15) is 0 Å². The highest BCUT2D eigenvalue weighted by atomic mass is 35.5. The first-order valence-electron chi connectivity index (χ1n) is 4.60. The molecule has 5 heteroatoms. The first-order valence-corrected chi connectivity index (χ1v) is 5.13. The molecule has 0 radical (unpaired) electrons. The van der Waals surface area contributed by atoms with Gasteiger partial charge in [0.05, 0.1) is 26.5 Å². The zero-order valence-corrected chi connectivity index (χ0v) is 9.81. The molecule has 0 aliphatic rings. The summed E-state index contributed by atoms with van der Waals surface area (Å²) in [5.41, 5.74) is 0.529. The number of carbonyl (C=O) groups excluding carboxylic acids is 1. The molecular weight excluding hydrogens is 235 g/mol. The maximum Gasteiger partial charge on any atom is 0.310 e. The van der Waals surface area contributed by atoms with Crippen molar-refractivity contribution in [2.24, 2.45) is 0 Å². The monoisotopic (exact) mass is 246 g/mol. The largest absolute Gasteiger partial charge is 0.497 e. The van der Waals surface area contributed by atoms with Crippen molar-refractivity contribution in [3.63, 3.8) is 0 Å². The van der Waals surface area contributed by atoms with Crippen LogP contribution in [0.3, 0.4) is 0 Å². The normalized spacial score (nSPS) is 10.0. The number of carbonyl (C=O) groups is 1. The van der Waals surface area contributed by atoms with Gasteiger partial charge in [0.2, 0.25) is 0 Å². The van der Waals surface area contributed by atoms with Gasteiger partial charge >= 0.3 is 5.97 Å². The van der Waals surface area contributed by atoms with Crippen LogP contribution < -0.4 is 4.74 Å². The number of hydrogen-bond acceptors (Lipinski definition) is 3. The van der Waals surface area contributed by atoms with Crippen LogP contribution in [-0.2, 0) is 21.8 Å². The Hall–Kier alpha value is -1.29. The Morgan fingerprint density at radius 3 is 2.50 bits per heavy atom. The highest BCUT2D eigenvalue weighted by Crippen LogP contribution is 2.23. The van der Waals surface area contributed by atoms with E-state index in [0.717, 1.165) is 0 Å². The van der Waals surface area contributed by atoms with E-state index >= 15 is 0 Å². The molecule has 0 fully saturated rings. The van der Waals surface area contributed by atoms with Gasteiger partial charge in [-0.3, -0.25) is 4.79 Å². The molecule has 0 spiro atoms. The highest BCUT2D eigenvalue weighted by Gasteiger charge is 2.14. The number of esters is 1. The molecule has 0 aliphatic carbocycles. The Morgan fingerprint density at radius 1 is 1.38 bits per heavy atom.